The number of hydrogen-bond donors (Lipinski definition) is 1. The van der Waals surface area contributed by atoms with Crippen LogP contribution in [0.5, 0.6) is 0 Å². The Hall–Kier alpha value is -0.810. The zero-order valence-corrected chi connectivity index (χ0v) is 8.98. The molecule has 1 aromatic rings. The van der Waals surface area contributed by atoms with Crippen LogP contribution in [0.4, 0.5) is 0 Å². The van der Waals surface area contributed by atoms with Gasteiger partial charge >= 0.3 is 0 Å². The molecule has 4 nitrogen and oxygen atoms in total. The van der Waals surface area contributed by atoms with Gasteiger partial charge in [0, 0.05) is 24.2 Å². The summed E-state index contributed by atoms with van der Waals surface area (Å²) >= 11 is 1.72. The molecule has 2 rings (SSSR count). The van der Waals surface area contributed by atoms with Gasteiger partial charge in [0.25, 0.3) is 5.56 Å². The van der Waals surface area contributed by atoms with E-state index in [1.807, 2.05) is 6.92 Å². The maximum absolute atomic E-state index is 11.6. The minimum absolute atomic E-state index is 0.0149. The Morgan fingerprint density at radius 1 is 1.57 bits per heavy atom. The van der Waals surface area contributed by atoms with Gasteiger partial charge in [0.15, 0.2) is 0 Å². The third-order valence-electron chi connectivity index (χ3n) is 2.34. The summed E-state index contributed by atoms with van der Waals surface area (Å²) < 4.78 is 5.11. The van der Waals surface area contributed by atoms with Crippen LogP contribution in [0.15, 0.2) is 4.79 Å². The molecule has 0 saturated carbocycles. The van der Waals surface area contributed by atoms with E-state index in [9.17, 15) is 4.79 Å². The third-order valence-corrected chi connectivity index (χ3v) is 3.31. The van der Waals surface area contributed by atoms with Gasteiger partial charge in [-0.15, -0.1) is 0 Å². The van der Waals surface area contributed by atoms with Crippen molar-refractivity contribution in [1.82, 2.24) is 9.97 Å². The number of hydrogen-bond acceptors (Lipinski definition) is 4. The van der Waals surface area contributed by atoms with Crippen molar-refractivity contribution >= 4 is 11.8 Å². The highest BCUT2D eigenvalue weighted by Crippen LogP contribution is 2.26. The van der Waals surface area contributed by atoms with Crippen molar-refractivity contribution < 1.29 is 4.74 Å². The highest BCUT2D eigenvalue weighted by Gasteiger charge is 2.19. The van der Waals surface area contributed by atoms with E-state index in [4.69, 9.17) is 4.74 Å². The fourth-order valence-electron chi connectivity index (χ4n) is 1.39. The number of ether oxygens (including phenoxy) is 1. The molecule has 0 saturated heterocycles. The van der Waals surface area contributed by atoms with E-state index in [0.717, 1.165) is 22.8 Å². The standard InChI is InChI=1S/C9H12N2O2S/c1-5(13-2)8-10-7-4-14-3-6(7)9(12)11-8/h5H,3-4H2,1-2H3,(H,10,11,12). The van der Waals surface area contributed by atoms with Crippen molar-refractivity contribution in [2.45, 2.75) is 24.5 Å². The minimum atomic E-state index is -0.154. The second kappa shape index (κ2) is 3.74. The van der Waals surface area contributed by atoms with Crippen LogP contribution in [0.1, 0.15) is 30.1 Å². The Balaban J connectivity index is 2.47. The predicted octanol–water partition coefficient (Wildman–Crippen LogP) is 1.22. The number of aromatic amines is 1. The van der Waals surface area contributed by atoms with Crippen LogP contribution >= 0.6 is 11.8 Å². The average Bonchev–Trinajstić information content (AvgIpc) is 2.64. The van der Waals surface area contributed by atoms with Crippen LogP contribution in [-0.4, -0.2) is 17.1 Å². The maximum Gasteiger partial charge on any atom is 0.255 e. The van der Waals surface area contributed by atoms with E-state index < -0.39 is 0 Å². The molecule has 1 unspecified atom stereocenters. The average molecular weight is 212 g/mol. The number of nitrogens with zero attached hydrogens (tertiary/aromatic N) is 1. The lowest BCUT2D eigenvalue weighted by Crippen LogP contribution is -2.18. The van der Waals surface area contributed by atoms with Gasteiger partial charge in [-0.3, -0.25) is 4.79 Å². The fourth-order valence-corrected chi connectivity index (χ4v) is 2.42. The Morgan fingerprint density at radius 3 is 3.07 bits per heavy atom. The highest BCUT2D eigenvalue weighted by molar-refractivity contribution is 7.98. The summed E-state index contributed by atoms with van der Waals surface area (Å²) in [7, 11) is 1.60. The molecule has 0 fully saturated rings. The number of aromatic nitrogens is 2. The number of thioether (sulfide) groups is 1. The number of H-pyrrole nitrogens is 1. The van der Waals surface area contributed by atoms with Crippen molar-refractivity contribution in [3.05, 3.63) is 27.4 Å². The summed E-state index contributed by atoms with van der Waals surface area (Å²) in [6, 6.07) is 0. The molecule has 76 valence electrons. The summed E-state index contributed by atoms with van der Waals surface area (Å²) in [5.74, 6) is 2.24. The van der Waals surface area contributed by atoms with Gasteiger partial charge in [-0.1, -0.05) is 0 Å². The van der Waals surface area contributed by atoms with Gasteiger partial charge in [-0.2, -0.15) is 11.8 Å². The zero-order valence-electron chi connectivity index (χ0n) is 8.16. The van der Waals surface area contributed by atoms with E-state index in [-0.39, 0.29) is 11.7 Å². The first-order chi connectivity index (χ1) is 6.72. The van der Waals surface area contributed by atoms with E-state index in [1.54, 1.807) is 18.9 Å². The highest BCUT2D eigenvalue weighted by atomic mass is 32.2. The molecule has 2 heterocycles. The first kappa shape index (κ1) is 9.73. The molecule has 14 heavy (non-hydrogen) atoms. The van der Waals surface area contributed by atoms with Crippen LogP contribution in [-0.2, 0) is 16.2 Å². The van der Waals surface area contributed by atoms with E-state index in [2.05, 4.69) is 9.97 Å². The van der Waals surface area contributed by atoms with Gasteiger partial charge < -0.3 is 9.72 Å². The van der Waals surface area contributed by atoms with E-state index >= 15 is 0 Å². The molecular weight excluding hydrogens is 200 g/mol. The Labute approximate surface area is 86.1 Å². The normalized spacial score (nSPS) is 16.7. The molecule has 0 bridgehead atoms. The molecule has 1 atom stereocenters. The van der Waals surface area contributed by atoms with Gasteiger partial charge in [0.2, 0.25) is 0 Å². The van der Waals surface area contributed by atoms with Gasteiger partial charge in [-0.05, 0) is 6.92 Å². The topological polar surface area (TPSA) is 55.0 Å². The third kappa shape index (κ3) is 1.57. The summed E-state index contributed by atoms with van der Waals surface area (Å²) in [5.41, 5.74) is 1.72. The number of rotatable bonds is 2. The maximum atomic E-state index is 11.6. The van der Waals surface area contributed by atoms with Crippen LogP contribution in [0.25, 0.3) is 0 Å². The molecular formula is C9H12N2O2S. The molecule has 0 aliphatic carbocycles. The fraction of sp³-hybridized carbons (Fsp3) is 0.556. The van der Waals surface area contributed by atoms with Crippen LogP contribution in [0, 0.1) is 0 Å². The van der Waals surface area contributed by atoms with Gasteiger partial charge in [-0.25, -0.2) is 4.98 Å². The zero-order chi connectivity index (χ0) is 10.1. The number of nitrogens with one attached hydrogen (secondary N) is 1. The van der Waals surface area contributed by atoms with Gasteiger partial charge in [0.1, 0.15) is 11.9 Å². The quantitative estimate of drug-likeness (QED) is 0.801. The lowest BCUT2D eigenvalue weighted by atomic mass is 10.2. The second-order valence-electron chi connectivity index (χ2n) is 3.25. The van der Waals surface area contributed by atoms with E-state index in [0.29, 0.717) is 5.82 Å². The Morgan fingerprint density at radius 2 is 2.36 bits per heavy atom. The molecule has 0 spiro atoms. The monoisotopic (exact) mass is 212 g/mol. The molecule has 5 heteroatoms. The minimum Gasteiger partial charge on any atom is -0.374 e. The SMILES string of the molecule is COC(C)c1nc2c(c(=O)[nH]1)CSC2. The van der Waals surface area contributed by atoms with Crippen molar-refractivity contribution in [1.29, 1.82) is 0 Å². The lowest BCUT2D eigenvalue weighted by Gasteiger charge is -2.09. The second-order valence-corrected chi connectivity index (χ2v) is 4.23. The molecule has 1 aliphatic rings. The number of fused-ring (bicyclic) bond motifs is 1. The largest absolute Gasteiger partial charge is 0.374 e. The number of methoxy groups -OCH3 is 1. The molecule has 1 aliphatic heterocycles. The van der Waals surface area contributed by atoms with Crippen molar-refractivity contribution in [2.75, 3.05) is 7.11 Å². The molecule has 1 aromatic heterocycles. The Kier molecular flexibility index (Phi) is 2.60. The first-order valence-corrected chi connectivity index (χ1v) is 5.60. The van der Waals surface area contributed by atoms with Crippen molar-refractivity contribution in [3.63, 3.8) is 0 Å². The van der Waals surface area contributed by atoms with Gasteiger partial charge in [0.05, 0.1) is 5.69 Å². The summed E-state index contributed by atoms with van der Waals surface area (Å²) in [4.78, 5) is 18.7. The summed E-state index contributed by atoms with van der Waals surface area (Å²) in [5, 5.41) is 0. The molecule has 1 N–H and O–H groups in total. The van der Waals surface area contributed by atoms with Crippen LogP contribution in [0.2, 0.25) is 0 Å². The van der Waals surface area contributed by atoms with E-state index in [1.165, 1.54) is 0 Å². The summed E-state index contributed by atoms with van der Waals surface area (Å²) in [6.45, 7) is 1.87. The smallest absolute Gasteiger partial charge is 0.255 e. The molecule has 0 aromatic carbocycles. The molecule has 0 amide bonds. The van der Waals surface area contributed by atoms with Crippen molar-refractivity contribution in [3.8, 4) is 0 Å². The lowest BCUT2D eigenvalue weighted by molar-refractivity contribution is 0.111. The Bertz CT molecular complexity index is 402. The van der Waals surface area contributed by atoms with Crippen molar-refractivity contribution in [2.24, 2.45) is 0 Å². The first-order valence-electron chi connectivity index (χ1n) is 4.45. The predicted molar refractivity (Wildman–Crippen MR) is 55.3 cm³/mol. The van der Waals surface area contributed by atoms with Crippen LogP contribution < -0.4 is 5.56 Å². The molecule has 0 radical (unpaired) electrons. The summed E-state index contributed by atoms with van der Waals surface area (Å²) in [6.07, 6.45) is -0.154. The van der Waals surface area contributed by atoms with Crippen LogP contribution in [0.3, 0.4) is 0 Å².